The van der Waals surface area contributed by atoms with Crippen molar-refractivity contribution in [2.45, 2.75) is 6.17 Å². The third-order valence-corrected chi connectivity index (χ3v) is 3.54. The molecule has 0 N–H and O–H groups in total. The van der Waals surface area contributed by atoms with Gasteiger partial charge in [0.2, 0.25) is 5.11 Å². The van der Waals surface area contributed by atoms with E-state index in [0.29, 0.717) is 10.1 Å². The maximum atomic E-state index is 6.23. The number of benzene rings is 2. The Labute approximate surface area is 121 Å². The van der Waals surface area contributed by atoms with Crippen LogP contribution >= 0.6 is 23.8 Å². The molecule has 2 aromatic carbocycles. The monoisotopic (exact) mass is 287 g/mol. The number of rotatable bonds is 2. The predicted octanol–water partition coefficient (Wildman–Crippen LogP) is 4.60. The normalized spacial score (nSPS) is 18.1. The number of nitrogens with zero attached hydrogens (tertiary/aromatic N) is 3. The lowest BCUT2D eigenvalue weighted by Crippen LogP contribution is -2.26. The largest absolute Gasteiger partial charge is 0.287 e. The van der Waals surface area contributed by atoms with Crippen LogP contribution in [0.3, 0.4) is 0 Å². The first-order valence-electron chi connectivity index (χ1n) is 5.81. The molecule has 0 bridgehead atoms. The molecule has 1 aliphatic heterocycles. The van der Waals surface area contributed by atoms with Crippen LogP contribution in [-0.2, 0) is 0 Å². The number of azo groups is 1. The van der Waals surface area contributed by atoms with E-state index >= 15 is 0 Å². The van der Waals surface area contributed by atoms with Gasteiger partial charge in [-0.1, -0.05) is 48.0 Å². The summed E-state index contributed by atoms with van der Waals surface area (Å²) >= 11 is 11.5. The summed E-state index contributed by atoms with van der Waals surface area (Å²) in [5, 5.41) is 9.37. The third-order valence-electron chi connectivity index (χ3n) is 2.92. The van der Waals surface area contributed by atoms with Crippen molar-refractivity contribution >= 4 is 34.6 Å². The van der Waals surface area contributed by atoms with Gasteiger partial charge in [-0.25, -0.2) is 0 Å². The lowest BCUT2D eigenvalue weighted by molar-refractivity contribution is 0.765. The van der Waals surface area contributed by atoms with E-state index in [2.05, 4.69) is 10.2 Å². The van der Waals surface area contributed by atoms with Crippen LogP contribution < -0.4 is 4.90 Å². The Bertz CT molecular complexity index is 642. The Morgan fingerprint density at radius 1 is 1.00 bits per heavy atom. The number of hydrogen-bond donors (Lipinski definition) is 0. The molecule has 2 aromatic rings. The van der Waals surface area contributed by atoms with Crippen molar-refractivity contribution in [3.63, 3.8) is 0 Å². The van der Waals surface area contributed by atoms with E-state index in [1.54, 1.807) is 0 Å². The summed E-state index contributed by atoms with van der Waals surface area (Å²) in [7, 11) is 0. The molecule has 0 saturated heterocycles. The molecule has 1 heterocycles. The highest BCUT2D eigenvalue weighted by Gasteiger charge is 2.30. The van der Waals surface area contributed by atoms with Gasteiger partial charge < -0.3 is 0 Å². The van der Waals surface area contributed by atoms with Gasteiger partial charge in [-0.2, -0.15) is 5.11 Å². The SMILES string of the molecule is S=C1N=N[C@@H](c2ccccc2Cl)N1c1ccccc1. The van der Waals surface area contributed by atoms with E-state index < -0.39 is 0 Å². The van der Waals surface area contributed by atoms with Gasteiger partial charge >= 0.3 is 0 Å². The van der Waals surface area contributed by atoms with Crippen LogP contribution in [0.4, 0.5) is 5.69 Å². The van der Waals surface area contributed by atoms with Crippen LogP contribution in [0.25, 0.3) is 0 Å². The molecule has 0 saturated carbocycles. The highest BCUT2D eigenvalue weighted by Crippen LogP contribution is 2.36. The maximum Gasteiger partial charge on any atom is 0.222 e. The Balaban J connectivity index is 2.04. The third kappa shape index (κ3) is 2.25. The Morgan fingerprint density at radius 3 is 2.42 bits per heavy atom. The first-order chi connectivity index (χ1) is 9.27. The molecule has 1 atom stereocenters. The predicted molar refractivity (Wildman–Crippen MR) is 80.6 cm³/mol. The van der Waals surface area contributed by atoms with E-state index in [-0.39, 0.29) is 6.17 Å². The number of thiocarbonyl (C=S) groups is 1. The second-order valence-electron chi connectivity index (χ2n) is 4.10. The molecule has 3 nitrogen and oxygen atoms in total. The molecule has 0 aliphatic carbocycles. The minimum absolute atomic E-state index is 0.288. The minimum Gasteiger partial charge on any atom is -0.287 e. The highest BCUT2D eigenvalue weighted by atomic mass is 35.5. The van der Waals surface area contributed by atoms with E-state index in [4.69, 9.17) is 23.8 Å². The maximum absolute atomic E-state index is 6.23. The van der Waals surface area contributed by atoms with E-state index in [9.17, 15) is 0 Å². The van der Waals surface area contributed by atoms with Crippen LogP contribution in [0.2, 0.25) is 5.02 Å². The van der Waals surface area contributed by atoms with Crippen LogP contribution in [0.5, 0.6) is 0 Å². The topological polar surface area (TPSA) is 28.0 Å². The lowest BCUT2D eigenvalue weighted by atomic mass is 10.1. The fraction of sp³-hybridized carbons (Fsp3) is 0.0714. The number of anilines is 1. The zero-order chi connectivity index (χ0) is 13.2. The summed E-state index contributed by atoms with van der Waals surface area (Å²) in [6.07, 6.45) is -0.288. The van der Waals surface area contributed by atoms with Crippen LogP contribution in [-0.4, -0.2) is 5.11 Å². The van der Waals surface area contributed by atoms with Crippen molar-refractivity contribution < 1.29 is 0 Å². The molecule has 0 amide bonds. The summed E-state index contributed by atoms with van der Waals surface area (Å²) in [5.74, 6) is 0. The molecule has 19 heavy (non-hydrogen) atoms. The first-order valence-corrected chi connectivity index (χ1v) is 6.59. The molecule has 0 unspecified atom stereocenters. The van der Waals surface area contributed by atoms with Gasteiger partial charge in [0, 0.05) is 16.3 Å². The van der Waals surface area contributed by atoms with Gasteiger partial charge in [-0.05, 0) is 30.4 Å². The van der Waals surface area contributed by atoms with Gasteiger partial charge in [0.25, 0.3) is 0 Å². The van der Waals surface area contributed by atoms with E-state index in [0.717, 1.165) is 11.3 Å². The van der Waals surface area contributed by atoms with Crippen LogP contribution in [0, 0.1) is 0 Å². The first kappa shape index (κ1) is 12.3. The summed E-state index contributed by atoms with van der Waals surface area (Å²) in [6.45, 7) is 0. The lowest BCUT2D eigenvalue weighted by Gasteiger charge is -2.23. The van der Waals surface area contributed by atoms with Crippen molar-refractivity contribution in [1.29, 1.82) is 0 Å². The molecule has 0 spiro atoms. The molecule has 3 rings (SSSR count). The zero-order valence-corrected chi connectivity index (χ0v) is 11.5. The van der Waals surface area contributed by atoms with Gasteiger partial charge in [0.15, 0.2) is 6.17 Å². The number of para-hydroxylation sites is 1. The van der Waals surface area contributed by atoms with Gasteiger partial charge in [-0.15, -0.1) is 5.11 Å². The van der Waals surface area contributed by atoms with Crippen molar-refractivity contribution in [2.75, 3.05) is 4.90 Å². The Hall–Kier alpha value is -1.78. The molecular weight excluding hydrogens is 278 g/mol. The van der Waals surface area contributed by atoms with Crippen molar-refractivity contribution in [1.82, 2.24) is 0 Å². The minimum atomic E-state index is -0.288. The Morgan fingerprint density at radius 2 is 1.68 bits per heavy atom. The van der Waals surface area contributed by atoms with Crippen LogP contribution in [0.15, 0.2) is 64.8 Å². The standard InChI is InChI=1S/C14H10ClN3S/c15-12-9-5-4-8-11(12)13-16-17-14(19)18(13)10-6-2-1-3-7-10/h1-9,13H/t13-/m1/s1. The van der Waals surface area contributed by atoms with E-state index in [1.165, 1.54) is 0 Å². The number of hydrogen-bond acceptors (Lipinski definition) is 2. The average molecular weight is 288 g/mol. The molecule has 0 aromatic heterocycles. The summed E-state index contributed by atoms with van der Waals surface area (Å²) in [5.41, 5.74) is 1.86. The number of halogens is 1. The highest BCUT2D eigenvalue weighted by molar-refractivity contribution is 7.80. The van der Waals surface area contributed by atoms with Crippen LogP contribution in [0.1, 0.15) is 11.7 Å². The fourth-order valence-corrected chi connectivity index (χ4v) is 2.52. The molecule has 1 aliphatic rings. The fourth-order valence-electron chi connectivity index (χ4n) is 2.03. The van der Waals surface area contributed by atoms with E-state index in [1.807, 2.05) is 59.5 Å². The summed E-state index contributed by atoms with van der Waals surface area (Å²) < 4.78 is 0. The smallest absolute Gasteiger partial charge is 0.222 e. The second kappa shape index (κ2) is 5.07. The second-order valence-corrected chi connectivity index (χ2v) is 4.87. The van der Waals surface area contributed by atoms with Crippen molar-refractivity contribution in [3.05, 3.63) is 65.2 Å². The van der Waals surface area contributed by atoms with Crippen molar-refractivity contribution in [2.24, 2.45) is 10.2 Å². The average Bonchev–Trinajstić information content (AvgIpc) is 2.82. The van der Waals surface area contributed by atoms with Gasteiger partial charge in [-0.3, -0.25) is 4.90 Å². The van der Waals surface area contributed by atoms with Gasteiger partial charge in [0.1, 0.15) is 0 Å². The molecule has 0 radical (unpaired) electrons. The molecule has 94 valence electrons. The molecular formula is C14H10ClN3S. The summed E-state index contributed by atoms with van der Waals surface area (Å²) in [4.78, 5) is 1.90. The molecule has 0 fully saturated rings. The molecule has 5 heteroatoms. The quantitative estimate of drug-likeness (QED) is 0.755. The Kier molecular flexibility index (Phi) is 3.27. The zero-order valence-electron chi connectivity index (χ0n) is 9.90. The van der Waals surface area contributed by atoms with Crippen molar-refractivity contribution in [3.8, 4) is 0 Å². The van der Waals surface area contributed by atoms with Gasteiger partial charge in [0.05, 0.1) is 0 Å². The summed E-state index contributed by atoms with van der Waals surface area (Å²) in [6, 6.07) is 17.4.